The summed E-state index contributed by atoms with van der Waals surface area (Å²) in [4.78, 5) is 24.0. The Kier molecular flexibility index (Phi) is 3.66. The Balaban J connectivity index is 1.72. The Morgan fingerprint density at radius 1 is 1.18 bits per heavy atom. The number of hydrogen-bond acceptors (Lipinski definition) is 4. The van der Waals surface area contributed by atoms with Crippen molar-refractivity contribution in [3.63, 3.8) is 0 Å². The Morgan fingerprint density at radius 3 is 2.45 bits per heavy atom. The summed E-state index contributed by atoms with van der Waals surface area (Å²) < 4.78 is 5.00. The Bertz CT molecular complexity index is 712. The van der Waals surface area contributed by atoms with E-state index in [2.05, 4.69) is 15.8 Å². The topological polar surface area (TPSA) is 84.2 Å². The van der Waals surface area contributed by atoms with Crippen LogP contribution in [0.15, 0.2) is 28.8 Å². The lowest BCUT2D eigenvalue weighted by molar-refractivity contribution is -0.117. The quantitative estimate of drug-likeness (QED) is 0.909. The standard InChI is InChI=1S/C16H17N3O3/c1-9-14(10(2)22-19-9)16(21)18-13-5-3-4-12(8-13)17-15(20)11-6-7-11/h3-5,8,11H,6-7H2,1-2H3,(H,17,20)(H,18,21). The lowest BCUT2D eigenvalue weighted by Crippen LogP contribution is -2.15. The van der Waals surface area contributed by atoms with Crippen LogP contribution in [0.5, 0.6) is 0 Å². The molecule has 2 aromatic rings. The maximum absolute atomic E-state index is 12.3. The third kappa shape index (κ3) is 3.00. The number of nitrogens with one attached hydrogen (secondary N) is 2. The molecule has 0 bridgehead atoms. The molecule has 22 heavy (non-hydrogen) atoms. The molecule has 2 amide bonds. The smallest absolute Gasteiger partial charge is 0.261 e. The van der Waals surface area contributed by atoms with Crippen LogP contribution in [-0.2, 0) is 4.79 Å². The van der Waals surface area contributed by atoms with E-state index in [1.165, 1.54) is 0 Å². The Labute approximate surface area is 127 Å². The van der Waals surface area contributed by atoms with Gasteiger partial charge in [-0.3, -0.25) is 9.59 Å². The van der Waals surface area contributed by atoms with Crippen LogP contribution >= 0.6 is 0 Å². The first-order valence-electron chi connectivity index (χ1n) is 7.20. The fraction of sp³-hybridized carbons (Fsp3) is 0.312. The van der Waals surface area contributed by atoms with E-state index in [-0.39, 0.29) is 17.7 Å². The van der Waals surface area contributed by atoms with E-state index in [1.807, 2.05) is 0 Å². The van der Waals surface area contributed by atoms with Crippen LogP contribution < -0.4 is 10.6 Å². The molecule has 1 aliphatic carbocycles. The zero-order chi connectivity index (χ0) is 15.7. The van der Waals surface area contributed by atoms with Gasteiger partial charge in [0.05, 0.1) is 5.69 Å². The highest BCUT2D eigenvalue weighted by Gasteiger charge is 2.29. The van der Waals surface area contributed by atoms with E-state index in [1.54, 1.807) is 38.1 Å². The molecule has 1 heterocycles. The highest BCUT2D eigenvalue weighted by molar-refractivity contribution is 6.06. The van der Waals surface area contributed by atoms with E-state index in [9.17, 15) is 9.59 Å². The molecular formula is C16H17N3O3. The molecule has 0 unspecified atom stereocenters. The third-order valence-corrected chi connectivity index (χ3v) is 3.60. The van der Waals surface area contributed by atoms with Gasteiger partial charge in [0, 0.05) is 17.3 Å². The lowest BCUT2D eigenvalue weighted by atomic mass is 10.2. The molecule has 0 radical (unpaired) electrons. The van der Waals surface area contributed by atoms with Gasteiger partial charge in [0.2, 0.25) is 5.91 Å². The monoisotopic (exact) mass is 299 g/mol. The predicted octanol–water partition coefficient (Wildman–Crippen LogP) is 2.89. The van der Waals surface area contributed by atoms with Crippen LogP contribution in [0, 0.1) is 19.8 Å². The van der Waals surface area contributed by atoms with Crippen LogP contribution in [-0.4, -0.2) is 17.0 Å². The van der Waals surface area contributed by atoms with Crippen LogP contribution in [0.1, 0.15) is 34.7 Å². The van der Waals surface area contributed by atoms with Gasteiger partial charge >= 0.3 is 0 Å². The minimum Gasteiger partial charge on any atom is -0.361 e. The number of nitrogens with zero attached hydrogens (tertiary/aromatic N) is 1. The van der Waals surface area contributed by atoms with Gasteiger partial charge in [-0.25, -0.2) is 0 Å². The molecule has 0 aliphatic heterocycles. The first kappa shape index (κ1) is 14.3. The van der Waals surface area contributed by atoms with Crippen LogP contribution in [0.2, 0.25) is 0 Å². The maximum Gasteiger partial charge on any atom is 0.261 e. The Hall–Kier alpha value is -2.63. The lowest BCUT2D eigenvalue weighted by Gasteiger charge is -2.08. The van der Waals surface area contributed by atoms with Crippen molar-refractivity contribution < 1.29 is 14.1 Å². The highest BCUT2D eigenvalue weighted by atomic mass is 16.5. The molecular weight excluding hydrogens is 282 g/mol. The first-order valence-corrected chi connectivity index (χ1v) is 7.20. The second-order valence-corrected chi connectivity index (χ2v) is 5.50. The van der Waals surface area contributed by atoms with Gasteiger partial charge in [-0.2, -0.15) is 0 Å². The van der Waals surface area contributed by atoms with E-state index >= 15 is 0 Å². The second-order valence-electron chi connectivity index (χ2n) is 5.50. The summed E-state index contributed by atoms with van der Waals surface area (Å²) in [6, 6.07) is 7.08. The molecule has 0 spiro atoms. The predicted molar refractivity (Wildman–Crippen MR) is 81.7 cm³/mol. The fourth-order valence-electron chi connectivity index (χ4n) is 2.27. The van der Waals surface area contributed by atoms with Crippen LogP contribution in [0.4, 0.5) is 11.4 Å². The molecule has 1 saturated carbocycles. The number of anilines is 2. The van der Waals surface area contributed by atoms with Crippen molar-refractivity contribution in [3.05, 3.63) is 41.3 Å². The molecule has 0 saturated heterocycles. The molecule has 1 aromatic heterocycles. The number of rotatable bonds is 4. The summed E-state index contributed by atoms with van der Waals surface area (Å²) in [5.74, 6) is 0.380. The van der Waals surface area contributed by atoms with E-state index in [4.69, 9.17) is 4.52 Å². The largest absolute Gasteiger partial charge is 0.361 e. The average Bonchev–Trinajstić information content (AvgIpc) is 3.25. The molecule has 1 fully saturated rings. The molecule has 3 rings (SSSR count). The maximum atomic E-state index is 12.3. The number of aromatic nitrogens is 1. The van der Waals surface area contributed by atoms with E-state index < -0.39 is 0 Å². The Morgan fingerprint density at radius 2 is 1.86 bits per heavy atom. The number of amides is 2. The summed E-state index contributed by atoms with van der Waals surface area (Å²) in [6.07, 6.45) is 1.91. The number of hydrogen-bond donors (Lipinski definition) is 2. The van der Waals surface area contributed by atoms with Gasteiger partial charge in [-0.15, -0.1) is 0 Å². The molecule has 2 N–H and O–H groups in total. The van der Waals surface area contributed by atoms with E-state index in [0.717, 1.165) is 12.8 Å². The summed E-state index contributed by atoms with van der Waals surface area (Å²) in [5.41, 5.74) is 2.27. The third-order valence-electron chi connectivity index (χ3n) is 3.60. The zero-order valence-electron chi connectivity index (χ0n) is 12.5. The summed E-state index contributed by atoms with van der Waals surface area (Å²) in [5, 5.41) is 9.42. The van der Waals surface area contributed by atoms with Gasteiger partial charge in [0.25, 0.3) is 5.91 Å². The second kappa shape index (κ2) is 5.63. The summed E-state index contributed by atoms with van der Waals surface area (Å²) >= 11 is 0. The number of carbonyl (C=O) groups excluding carboxylic acids is 2. The fourth-order valence-corrected chi connectivity index (χ4v) is 2.27. The highest BCUT2D eigenvalue weighted by Crippen LogP contribution is 2.30. The minimum absolute atomic E-state index is 0.0363. The van der Waals surface area contributed by atoms with Crippen molar-refractivity contribution in [3.8, 4) is 0 Å². The SMILES string of the molecule is Cc1noc(C)c1C(=O)Nc1cccc(NC(=O)C2CC2)c1. The molecule has 0 atom stereocenters. The van der Waals surface area contributed by atoms with Gasteiger partial charge in [-0.1, -0.05) is 11.2 Å². The number of carbonyl (C=O) groups is 2. The molecule has 6 heteroatoms. The van der Waals surface area contributed by atoms with Crippen molar-refractivity contribution >= 4 is 23.2 Å². The molecule has 1 aromatic carbocycles. The molecule has 1 aliphatic rings. The molecule has 114 valence electrons. The van der Waals surface area contributed by atoms with Gasteiger partial charge < -0.3 is 15.2 Å². The van der Waals surface area contributed by atoms with Crippen molar-refractivity contribution in [2.45, 2.75) is 26.7 Å². The summed E-state index contributed by atoms with van der Waals surface area (Å²) in [7, 11) is 0. The summed E-state index contributed by atoms with van der Waals surface area (Å²) in [6.45, 7) is 3.42. The van der Waals surface area contributed by atoms with Crippen LogP contribution in [0.25, 0.3) is 0 Å². The van der Waals surface area contributed by atoms with Crippen molar-refractivity contribution in [2.24, 2.45) is 5.92 Å². The van der Waals surface area contributed by atoms with Crippen LogP contribution in [0.3, 0.4) is 0 Å². The van der Waals surface area contributed by atoms with Crippen molar-refractivity contribution in [2.75, 3.05) is 10.6 Å². The normalized spacial score (nSPS) is 13.7. The zero-order valence-corrected chi connectivity index (χ0v) is 12.5. The molecule has 6 nitrogen and oxygen atoms in total. The van der Waals surface area contributed by atoms with Gasteiger partial charge in [-0.05, 0) is 44.9 Å². The van der Waals surface area contributed by atoms with Crippen molar-refractivity contribution in [1.29, 1.82) is 0 Å². The van der Waals surface area contributed by atoms with Crippen molar-refractivity contribution in [1.82, 2.24) is 5.16 Å². The minimum atomic E-state index is -0.276. The first-order chi connectivity index (χ1) is 10.5. The van der Waals surface area contributed by atoms with Gasteiger partial charge in [0.1, 0.15) is 11.3 Å². The van der Waals surface area contributed by atoms with Gasteiger partial charge in [0.15, 0.2) is 0 Å². The number of aryl methyl sites for hydroxylation is 2. The number of benzene rings is 1. The van der Waals surface area contributed by atoms with E-state index in [0.29, 0.717) is 28.4 Å². The average molecular weight is 299 g/mol.